The minimum absolute atomic E-state index is 0.343. The Labute approximate surface area is 338 Å². The predicted molar refractivity (Wildman–Crippen MR) is 242 cm³/mol. The number of para-hydroxylation sites is 1. The zero-order valence-corrected chi connectivity index (χ0v) is 32.1. The summed E-state index contributed by atoms with van der Waals surface area (Å²) in [5.41, 5.74) is 12.1. The first-order valence-corrected chi connectivity index (χ1v) is 20.5. The normalized spacial score (nSPS) is 13.9. The van der Waals surface area contributed by atoms with Gasteiger partial charge in [0.1, 0.15) is 17.3 Å². The SMILES string of the molecule is c1ccc(-c2ccc3cc(C4=c5sc6ccccc6c5=NC(c5ccc(-c6ccc(-c7ccc8ccccc8c7)cc6)c6oc7ccccc7c56)N4)ccc3c2)cc1. The zero-order valence-electron chi connectivity index (χ0n) is 31.3. The van der Waals surface area contributed by atoms with Crippen molar-refractivity contribution in [1.82, 2.24) is 5.32 Å². The van der Waals surface area contributed by atoms with Crippen molar-refractivity contribution in [2.75, 3.05) is 0 Å². The summed E-state index contributed by atoms with van der Waals surface area (Å²) in [6.45, 7) is 0. The molecule has 0 spiro atoms. The highest BCUT2D eigenvalue weighted by atomic mass is 32.1. The smallest absolute Gasteiger partial charge is 0.146 e. The monoisotopic (exact) mass is 758 g/mol. The molecule has 1 unspecified atom stereocenters. The molecule has 0 radical (unpaired) electrons. The molecule has 0 bridgehead atoms. The fourth-order valence-electron chi connectivity index (χ4n) is 8.79. The fourth-order valence-corrected chi connectivity index (χ4v) is 9.97. The second kappa shape index (κ2) is 13.2. The van der Waals surface area contributed by atoms with Gasteiger partial charge in [0.2, 0.25) is 0 Å². The number of nitrogens with zero attached hydrogens (tertiary/aromatic N) is 1. The van der Waals surface area contributed by atoms with E-state index in [0.717, 1.165) is 59.8 Å². The molecule has 1 aliphatic rings. The molecule has 0 amide bonds. The molecule has 0 saturated carbocycles. The molecule has 272 valence electrons. The maximum Gasteiger partial charge on any atom is 0.146 e. The maximum atomic E-state index is 6.78. The third-order valence-electron chi connectivity index (χ3n) is 11.7. The summed E-state index contributed by atoms with van der Waals surface area (Å²) < 4.78 is 9.17. The number of hydrogen-bond donors (Lipinski definition) is 1. The Kier molecular flexibility index (Phi) is 7.47. The Morgan fingerprint density at radius 1 is 0.466 bits per heavy atom. The van der Waals surface area contributed by atoms with E-state index in [2.05, 4.69) is 193 Å². The number of fused-ring (bicyclic) bond motifs is 8. The zero-order chi connectivity index (χ0) is 38.2. The predicted octanol–water partition coefficient (Wildman–Crippen LogP) is 13.2. The molecule has 58 heavy (non-hydrogen) atoms. The lowest BCUT2D eigenvalue weighted by Gasteiger charge is -2.23. The lowest BCUT2D eigenvalue weighted by molar-refractivity contribution is 0.641. The first kappa shape index (κ1) is 32.9. The lowest BCUT2D eigenvalue weighted by Crippen LogP contribution is -2.37. The molecule has 9 aromatic carbocycles. The van der Waals surface area contributed by atoms with Crippen molar-refractivity contribution >= 4 is 70.6 Å². The van der Waals surface area contributed by atoms with E-state index >= 15 is 0 Å². The largest absolute Gasteiger partial charge is 0.455 e. The van der Waals surface area contributed by atoms with E-state index in [4.69, 9.17) is 9.41 Å². The summed E-state index contributed by atoms with van der Waals surface area (Å²) in [5.74, 6) is 0. The Bertz CT molecular complexity index is 3540. The van der Waals surface area contributed by atoms with Crippen LogP contribution in [-0.4, -0.2) is 0 Å². The standard InChI is InChI=1S/C54H34N2OS/c1-2-10-33(11-3-1)38-24-25-41-32-42(27-26-40(41)31-38)50-53-51(45-15-7-9-17-48(45)58-53)56-54(55-50)46-29-28-43(52-49(46)44-14-6-8-16-47(44)57-52)36-21-18-35(19-22-36)39-23-20-34-12-4-5-13-37(34)30-39/h1-32,54-55H. The van der Waals surface area contributed by atoms with E-state index in [1.807, 2.05) is 6.07 Å². The van der Waals surface area contributed by atoms with Crippen molar-refractivity contribution < 1.29 is 4.42 Å². The van der Waals surface area contributed by atoms with Gasteiger partial charge in [-0.3, -0.25) is 4.99 Å². The van der Waals surface area contributed by atoms with Crippen LogP contribution in [0.15, 0.2) is 204 Å². The average Bonchev–Trinajstić information content (AvgIpc) is 3.87. The second-order valence-electron chi connectivity index (χ2n) is 15.1. The number of furan rings is 1. The minimum atomic E-state index is -0.343. The molecular weight excluding hydrogens is 725 g/mol. The first-order chi connectivity index (χ1) is 28.7. The van der Waals surface area contributed by atoms with Gasteiger partial charge in [-0.05, 0) is 85.3 Å². The number of thiophene rings is 1. The molecule has 1 N–H and O–H groups in total. The van der Waals surface area contributed by atoms with Crippen LogP contribution in [-0.2, 0) is 0 Å². The van der Waals surface area contributed by atoms with E-state index in [1.165, 1.54) is 53.9 Å². The lowest BCUT2D eigenvalue weighted by atomic mass is 9.94. The molecule has 12 rings (SSSR count). The van der Waals surface area contributed by atoms with Crippen molar-refractivity contribution in [3.63, 3.8) is 0 Å². The van der Waals surface area contributed by atoms with Crippen molar-refractivity contribution in [1.29, 1.82) is 0 Å². The van der Waals surface area contributed by atoms with E-state index in [-0.39, 0.29) is 6.17 Å². The molecule has 2 aromatic heterocycles. The minimum Gasteiger partial charge on any atom is -0.455 e. The van der Waals surface area contributed by atoms with Crippen molar-refractivity contribution in [2.24, 2.45) is 4.99 Å². The molecule has 0 aliphatic carbocycles. The van der Waals surface area contributed by atoms with Gasteiger partial charge < -0.3 is 9.73 Å². The van der Waals surface area contributed by atoms with Gasteiger partial charge in [-0.15, -0.1) is 11.3 Å². The summed E-state index contributed by atoms with van der Waals surface area (Å²) in [5, 5.41) is 13.3. The molecular formula is C54H34N2OS. The van der Waals surface area contributed by atoms with Gasteiger partial charge in [0.25, 0.3) is 0 Å². The number of nitrogens with one attached hydrogen (secondary N) is 1. The molecule has 3 heterocycles. The van der Waals surface area contributed by atoms with Gasteiger partial charge in [-0.25, -0.2) is 0 Å². The van der Waals surface area contributed by atoms with E-state index in [1.54, 1.807) is 11.3 Å². The Balaban J connectivity index is 0.989. The summed E-state index contributed by atoms with van der Waals surface area (Å²) in [6, 6.07) is 69.7. The van der Waals surface area contributed by atoms with Crippen LogP contribution in [0.2, 0.25) is 0 Å². The average molecular weight is 759 g/mol. The van der Waals surface area contributed by atoms with Crippen LogP contribution in [0.1, 0.15) is 17.3 Å². The van der Waals surface area contributed by atoms with Gasteiger partial charge in [-0.2, -0.15) is 0 Å². The first-order valence-electron chi connectivity index (χ1n) is 19.7. The van der Waals surface area contributed by atoms with Crippen LogP contribution in [0, 0.1) is 0 Å². The van der Waals surface area contributed by atoms with E-state index in [0.29, 0.717) is 0 Å². The van der Waals surface area contributed by atoms with Crippen LogP contribution < -0.4 is 15.2 Å². The van der Waals surface area contributed by atoms with Gasteiger partial charge in [-0.1, -0.05) is 164 Å². The Morgan fingerprint density at radius 3 is 1.86 bits per heavy atom. The van der Waals surface area contributed by atoms with Crippen LogP contribution in [0.4, 0.5) is 0 Å². The van der Waals surface area contributed by atoms with Gasteiger partial charge >= 0.3 is 0 Å². The van der Waals surface area contributed by atoms with Crippen molar-refractivity contribution in [3.8, 4) is 33.4 Å². The van der Waals surface area contributed by atoms with Crippen LogP contribution in [0.5, 0.6) is 0 Å². The summed E-state index contributed by atoms with van der Waals surface area (Å²) in [7, 11) is 0. The molecule has 1 atom stereocenters. The third-order valence-corrected chi connectivity index (χ3v) is 12.9. The molecule has 0 fully saturated rings. The van der Waals surface area contributed by atoms with Gasteiger partial charge in [0, 0.05) is 32.0 Å². The molecule has 3 nitrogen and oxygen atoms in total. The van der Waals surface area contributed by atoms with Crippen LogP contribution in [0.25, 0.3) is 92.6 Å². The Morgan fingerprint density at radius 2 is 1.05 bits per heavy atom. The topological polar surface area (TPSA) is 37.5 Å². The molecule has 11 aromatic rings. The van der Waals surface area contributed by atoms with Crippen molar-refractivity contribution in [3.05, 3.63) is 215 Å². The quantitative estimate of drug-likeness (QED) is 0.190. The van der Waals surface area contributed by atoms with Crippen molar-refractivity contribution in [2.45, 2.75) is 6.17 Å². The third kappa shape index (κ3) is 5.37. The fraction of sp³-hybridized carbons (Fsp3) is 0.0185. The van der Waals surface area contributed by atoms with Crippen LogP contribution >= 0.6 is 11.3 Å². The van der Waals surface area contributed by atoms with Gasteiger partial charge in [0.05, 0.1) is 15.6 Å². The number of hydrogen-bond acceptors (Lipinski definition) is 4. The van der Waals surface area contributed by atoms with Crippen LogP contribution in [0.3, 0.4) is 0 Å². The second-order valence-corrected chi connectivity index (χ2v) is 16.2. The highest BCUT2D eigenvalue weighted by molar-refractivity contribution is 7.17. The maximum absolute atomic E-state index is 6.78. The van der Waals surface area contributed by atoms with E-state index in [9.17, 15) is 0 Å². The van der Waals surface area contributed by atoms with E-state index < -0.39 is 0 Å². The summed E-state index contributed by atoms with van der Waals surface area (Å²) >= 11 is 1.80. The molecule has 1 aliphatic heterocycles. The highest BCUT2D eigenvalue weighted by Crippen LogP contribution is 2.41. The summed E-state index contributed by atoms with van der Waals surface area (Å²) in [6.07, 6.45) is -0.343. The summed E-state index contributed by atoms with van der Waals surface area (Å²) in [4.78, 5) is 5.53. The Hall–Kier alpha value is -7.27. The highest BCUT2D eigenvalue weighted by Gasteiger charge is 2.25. The number of benzene rings is 9. The molecule has 4 heteroatoms. The number of rotatable bonds is 5. The molecule has 0 saturated heterocycles. The van der Waals surface area contributed by atoms with Gasteiger partial charge in [0.15, 0.2) is 0 Å².